The highest BCUT2D eigenvalue weighted by Gasteiger charge is 2.29. The number of nitro groups is 1. The van der Waals surface area contributed by atoms with E-state index in [1.807, 2.05) is 23.8 Å². The summed E-state index contributed by atoms with van der Waals surface area (Å²) in [7, 11) is 1.97. The second-order valence-electron chi connectivity index (χ2n) is 4.82. The molecule has 1 saturated heterocycles. The third-order valence-corrected chi connectivity index (χ3v) is 4.03. The smallest absolute Gasteiger partial charge is 0.276 e. The molecule has 0 radical (unpaired) electrons. The standard InChI is InChI=1S/C11H17ClN6O2S/c1-3-4-16-7-15(2)8-17(11(16)14-18(19)20)6-9-5-13-10(12)21-9/h5H,3-4,6-8H2,1-2H3/b14-11-. The summed E-state index contributed by atoms with van der Waals surface area (Å²) >= 11 is 7.20. The van der Waals surface area contributed by atoms with Gasteiger partial charge in [-0.1, -0.05) is 18.5 Å². The van der Waals surface area contributed by atoms with Gasteiger partial charge in [0.05, 0.1) is 19.9 Å². The van der Waals surface area contributed by atoms with E-state index in [0.29, 0.717) is 30.3 Å². The Kier molecular flexibility index (Phi) is 5.32. The van der Waals surface area contributed by atoms with Crippen LogP contribution in [0.15, 0.2) is 11.3 Å². The summed E-state index contributed by atoms with van der Waals surface area (Å²) < 4.78 is 0.466. The Morgan fingerprint density at radius 2 is 2.24 bits per heavy atom. The molecular weight excluding hydrogens is 316 g/mol. The number of hydrogen-bond donors (Lipinski definition) is 0. The normalized spacial score (nSPS) is 18.5. The van der Waals surface area contributed by atoms with Crippen LogP contribution in [-0.2, 0) is 6.54 Å². The summed E-state index contributed by atoms with van der Waals surface area (Å²) in [4.78, 5) is 21.6. The van der Waals surface area contributed by atoms with Crippen molar-refractivity contribution in [2.75, 3.05) is 26.9 Å². The number of thiazole rings is 1. The minimum atomic E-state index is -0.643. The average Bonchev–Trinajstić information content (AvgIpc) is 2.79. The zero-order valence-electron chi connectivity index (χ0n) is 11.9. The lowest BCUT2D eigenvalue weighted by Gasteiger charge is -2.41. The van der Waals surface area contributed by atoms with E-state index in [0.717, 1.165) is 17.8 Å². The minimum absolute atomic E-state index is 0.393. The van der Waals surface area contributed by atoms with Crippen LogP contribution in [0, 0.1) is 10.1 Å². The van der Waals surface area contributed by atoms with Crippen molar-refractivity contribution in [3.05, 3.63) is 25.7 Å². The van der Waals surface area contributed by atoms with Gasteiger partial charge in [-0.2, -0.15) is 0 Å². The highest BCUT2D eigenvalue weighted by Crippen LogP contribution is 2.21. The largest absolute Gasteiger partial charge is 0.324 e. The Balaban J connectivity index is 2.23. The van der Waals surface area contributed by atoms with Crippen molar-refractivity contribution in [1.82, 2.24) is 19.7 Å². The number of aromatic nitrogens is 1. The molecule has 1 fully saturated rings. The van der Waals surface area contributed by atoms with E-state index >= 15 is 0 Å². The van der Waals surface area contributed by atoms with E-state index in [1.54, 1.807) is 6.20 Å². The monoisotopic (exact) mass is 332 g/mol. The van der Waals surface area contributed by atoms with E-state index in [9.17, 15) is 10.1 Å². The maximum Gasteiger partial charge on any atom is 0.276 e. The lowest BCUT2D eigenvalue weighted by molar-refractivity contribution is -0.486. The average molecular weight is 333 g/mol. The molecule has 1 aliphatic rings. The van der Waals surface area contributed by atoms with E-state index in [4.69, 9.17) is 11.6 Å². The molecule has 116 valence electrons. The van der Waals surface area contributed by atoms with Gasteiger partial charge in [0.1, 0.15) is 5.10 Å². The van der Waals surface area contributed by atoms with Gasteiger partial charge in [0.2, 0.25) is 0 Å². The molecule has 0 amide bonds. The van der Waals surface area contributed by atoms with Gasteiger partial charge in [-0.25, -0.2) is 15.1 Å². The second kappa shape index (κ2) is 7.01. The van der Waals surface area contributed by atoms with E-state index in [2.05, 4.69) is 15.0 Å². The van der Waals surface area contributed by atoms with Crippen LogP contribution >= 0.6 is 22.9 Å². The molecule has 0 aromatic carbocycles. The molecule has 8 nitrogen and oxygen atoms in total. The maximum atomic E-state index is 10.8. The van der Waals surface area contributed by atoms with Gasteiger partial charge in [-0.05, 0) is 13.5 Å². The van der Waals surface area contributed by atoms with Crippen LogP contribution in [0.2, 0.25) is 4.47 Å². The Morgan fingerprint density at radius 1 is 1.52 bits per heavy atom. The lowest BCUT2D eigenvalue weighted by Crippen LogP contribution is -2.57. The van der Waals surface area contributed by atoms with Crippen LogP contribution in [-0.4, -0.2) is 57.6 Å². The molecule has 0 unspecified atom stereocenters. The van der Waals surface area contributed by atoms with Crippen LogP contribution in [0.4, 0.5) is 0 Å². The van der Waals surface area contributed by atoms with Crippen molar-refractivity contribution in [1.29, 1.82) is 0 Å². The number of rotatable bonds is 5. The van der Waals surface area contributed by atoms with Gasteiger partial charge >= 0.3 is 0 Å². The summed E-state index contributed by atoms with van der Waals surface area (Å²) in [6, 6.07) is 0. The van der Waals surface area contributed by atoms with Gasteiger partial charge in [0.25, 0.3) is 5.96 Å². The van der Waals surface area contributed by atoms with Crippen molar-refractivity contribution in [2.45, 2.75) is 19.9 Å². The maximum absolute atomic E-state index is 10.8. The zero-order chi connectivity index (χ0) is 15.4. The zero-order valence-corrected chi connectivity index (χ0v) is 13.5. The molecule has 0 saturated carbocycles. The molecule has 0 spiro atoms. The molecule has 1 aromatic heterocycles. The predicted molar refractivity (Wildman–Crippen MR) is 81.6 cm³/mol. The molecule has 0 N–H and O–H groups in total. The fraction of sp³-hybridized carbons (Fsp3) is 0.636. The molecule has 1 aromatic rings. The first-order valence-corrected chi connectivity index (χ1v) is 7.70. The highest BCUT2D eigenvalue weighted by molar-refractivity contribution is 7.15. The van der Waals surface area contributed by atoms with Crippen molar-refractivity contribution in [2.24, 2.45) is 5.10 Å². The quantitative estimate of drug-likeness (QED) is 0.603. The predicted octanol–water partition coefficient (Wildman–Crippen LogP) is 1.72. The summed E-state index contributed by atoms with van der Waals surface area (Å²) in [6.07, 6.45) is 2.58. The summed E-state index contributed by atoms with van der Waals surface area (Å²) in [5.41, 5.74) is 0. The van der Waals surface area contributed by atoms with Crippen molar-refractivity contribution in [3.63, 3.8) is 0 Å². The topological polar surface area (TPSA) is 78.1 Å². The van der Waals surface area contributed by atoms with Crippen LogP contribution in [0.25, 0.3) is 0 Å². The molecular formula is C11H17ClN6O2S. The number of hydrogen-bond acceptors (Lipinski definition) is 5. The van der Waals surface area contributed by atoms with Crippen LogP contribution in [0.1, 0.15) is 18.2 Å². The van der Waals surface area contributed by atoms with E-state index in [-0.39, 0.29) is 0 Å². The molecule has 0 aliphatic carbocycles. The SMILES string of the molecule is CCCN1CN(C)CN(Cc2cnc(Cl)s2)/C1=N\[N+](=O)[O-]. The number of hydrazone groups is 1. The first-order valence-electron chi connectivity index (χ1n) is 6.51. The Bertz CT molecular complexity index is 537. The van der Waals surface area contributed by atoms with Crippen molar-refractivity contribution in [3.8, 4) is 0 Å². The summed E-state index contributed by atoms with van der Waals surface area (Å²) in [6.45, 7) is 4.45. The molecule has 0 bridgehead atoms. The van der Waals surface area contributed by atoms with Crippen LogP contribution < -0.4 is 0 Å². The van der Waals surface area contributed by atoms with Gasteiger partial charge < -0.3 is 9.80 Å². The van der Waals surface area contributed by atoms with E-state index in [1.165, 1.54) is 11.3 Å². The fourth-order valence-electron chi connectivity index (χ4n) is 2.26. The summed E-state index contributed by atoms with van der Waals surface area (Å²) in [5, 5.41) is 13.7. The minimum Gasteiger partial charge on any atom is -0.324 e. The number of nitrogens with zero attached hydrogens (tertiary/aromatic N) is 6. The molecule has 1 aliphatic heterocycles. The molecule has 2 rings (SSSR count). The number of guanidine groups is 1. The Labute approximate surface area is 131 Å². The third kappa shape index (κ3) is 4.26. The second-order valence-corrected chi connectivity index (χ2v) is 6.51. The van der Waals surface area contributed by atoms with Gasteiger partial charge in [0.15, 0.2) is 9.50 Å². The Hall–Kier alpha value is -1.45. The first-order chi connectivity index (χ1) is 9.99. The lowest BCUT2D eigenvalue weighted by atomic mass is 10.4. The van der Waals surface area contributed by atoms with Gasteiger partial charge in [-0.15, -0.1) is 11.3 Å². The van der Waals surface area contributed by atoms with Crippen LogP contribution in [0.3, 0.4) is 0 Å². The molecule has 0 atom stereocenters. The Morgan fingerprint density at radius 3 is 2.81 bits per heavy atom. The highest BCUT2D eigenvalue weighted by atomic mass is 35.5. The van der Waals surface area contributed by atoms with Crippen LogP contribution in [0.5, 0.6) is 0 Å². The third-order valence-electron chi connectivity index (χ3n) is 2.93. The summed E-state index contributed by atoms with van der Waals surface area (Å²) in [5.74, 6) is 0.393. The number of halogens is 1. The molecule has 10 heteroatoms. The van der Waals surface area contributed by atoms with Gasteiger partial charge in [-0.3, -0.25) is 4.90 Å². The fourth-order valence-corrected chi connectivity index (χ4v) is 3.25. The molecule has 21 heavy (non-hydrogen) atoms. The van der Waals surface area contributed by atoms with Gasteiger partial charge in [0, 0.05) is 17.6 Å². The van der Waals surface area contributed by atoms with E-state index < -0.39 is 5.03 Å². The molecule has 2 heterocycles. The van der Waals surface area contributed by atoms with Crippen molar-refractivity contribution >= 4 is 28.9 Å². The van der Waals surface area contributed by atoms with Crippen molar-refractivity contribution < 1.29 is 5.03 Å². The first kappa shape index (κ1) is 15.9.